The minimum atomic E-state index is -0.584. The van der Waals surface area contributed by atoms with Crippen molar-refractivity contribution in [2.45, 2.75) is 12.8 Å². The SMILES string of the molecule is COCCCOc1cccc(C/C=C(/NC=O)C(=O)OC)c1. The third kappa shape index (κ3) is 6.41. The second-order valence-electron chi connectivity index (χ2n) is 4.42. The van der Waals surface area contributed by atoms with E-state index in [-0.39, 0.29) is 5.70 Å². The molecule has 0 atom stereocenters. The molecule has 1 aromatic rings. The summed E-state index contributed by atoms with van der Waals surface area (Å²) in [5, 5.41) is 2.33. The number of allylic oxidation sites excluding steroid dienone is 1. The van der Waals surface area contributed by atoms with Gasteiger partial charge in [0.15, 0.2) is 0 Å². The van der Waals surface area contributed by atoms with Crippen LogP contribution in [0.5, 0.6) is 5.75 Å². The van der Waals surface area contributed by atoms with Crippen LogP contribution in [0.25, 0.3) is 0 Å². The van der Waals surface area contributed by atoms with Gasteiger partial charge in [0.1, 0.15) is 11.4 Å². The standard InChI is InChI=1S/C16H21NO5/c1-20-9-4-10-22-14-6-3-5-13(11-14)7-8-15(17-12-18)16(19)21-2/h3,5-6,8,11-12H,4,7,9-10H2,1-2H3,(H,17,18)/b15-8+. The van der Waals surface area contributed by atoms with Crippen LogP contribution in [-0.4, -0.2) is 39.8 Å². The van der Waals surface area contributed by atoms with Crippen LogP contribution in [0.4, 0.5) is 0 Å². The molecule has 22 heavy (non-hydrogen) atoms. The van der Waals surface area contributed by atoms with Gasteiger partial charge in [0, 0.05) is 20.1 Å². The summed E-state index contributed by atoms with van der Waals surface area (Å²) < 4.78 is 15.2. The first-order valence-electron chi connectivity index (χ1n) is 6.90. The predicted molar refractivity (Wildman–Crippen MR) is 81.4 cm³/mol. The molecular weight excluding hydrogens is 286 g/mol. The number of hydrogen-bond acceptors (Lipinski definition) is 5. The van der Waals surface area contributed by atoms with Crippen LogP contribution in [0, 0.1) is 0 Å². The molecule has 0 saturated heterocycles. The van der Waals surface area contributed by atoms with Crippen molar-refractivity contribution in [3.05, 3.63) is 41.6 Å². The molecule has 0 radical (unpaired) electrons. The lowest BCUT2D eigenvalue weighted by molar-refractivity contribution is -0.137. The van der Waals surface area contributed by atoms with Crippen LogP contribution >= 0.6 is 0 Å². The van der Waals surface area contributed by atoms with Crippen molar-refractivity contribution >= 4 is 12.4 Å². The van der Waals surface area contributed by atoms with Crippen molar-refractivity contribution in [2.75, 3.05) is 27.4 Å². The maximum atomic E-state index is 11.4. The summed E-state index contributed by atoms with van der Waals surface area (Å²) in [6.45, 7) is 1.23. The second kappa shape index (κ2) is 10.4. The molecule has 0 saturated carbocycles. The van der Waals surface area contributed by atoms with Gasteiger partial charge in [-0.3, -0.25) is 4.79 Å². The van der Waals surface area contributed by atoms with Crippen molar-refractivity contribution in [1.29, 1.82) is 0 Å². The molecule has 6 nitrogen and oxygen atoms in total. The van der Waals surface area contributed by atoms with Crippen molar-refractivity contribution in [2.24, 2.45) is 0 Å². The maximum absolute atomic E-state index is 11.4. The van der Waals surface area contributed by atoms with Gasteiger partial charge in [0.2, 0.25) is 6.41 Å². The summed E-state index contributed by atoms with van der Waals surface area (Å²) in [7, 11) is 2.91. The number of methoxy groups -OCH3 is 2. The van der Waals surface area contributed by atoms with Crippen molar-refractivity contribution in [1.82, 2.24) is 5.32 Å². The summed E-state index contributed by atoms with van der Waals surface area (Å²) in [4.78, 5) is 21.9. The molecule has 0 bridgehead atoms. The number of rotatable bonds is 10. The number of nitrogens with one attached hydrogen (secondary N) is 1. The molecule has 0 heterocycles. The van der Waals surface area contributed by atoms with Gasteiger partial charge in [-0.05, 0) is 30.2 Å². The highest BCUT2D eigenvalue weighted by molar-refractivity contribution is 5.90. The van der Waals surface area contributed by atoms with E-state index in [4.69, 9.17) is 9.47 Å². The largest absolute Gasteiger partial charge is 0.493 e. The van der Waals surface area contributed by atoms with Gasteiger partial charge in [-0.2, -0.15) is 0 Å². The monoisotopic (exact) mass is 307 g/mol. The van der Waals surface area contributed by atoms with Gasteiger partial charge in [0.25, 0.3) is 0 Å². The van der Waals surface area contributed by atoms with E-state index < -0.39 is 5.97 Å². The second-order valence-corrected chi connectivity index (χ2v) is 4.42. The third-order valence-electron chi connectivity index (χ3n) is 2.82. The highest BCUT2D eigenvalue weighted by Crippen LogP contribution is 2.14. The van der Waals surface area contributed by atoms with Gasteiger partial charge >= 0.3 is 5.97 Å². The average Bonchev–Trinajstić information content (AvgIpc) is 2.55. The van der Waals surface area contributed by atoms with Crippen molar-refractivity contribution in [3.63, 3.8) is 0 Å². The van der Waals surface area contributed by atoms with E-state index in [9.17, 15) is 9.59 Å². The Morgan fingerprint density at radius 1 is 1.27 bits per heavy atom. The summed E-state index contributed by atoms with van der Waals surface area (Å²) in [5.41, 5.74) is 1.07. The molecule has 1 rings (SSSR count). The molecule has 120 valence electrons. The summed E-state index contributed by atoms with van der Waals surface area (Å²) >= 11 is 0. The van der Waals surface area contributed by atoms with E-state index in [2.05, 4.69) is 10.1 Å². The van der Waals surface area contributed by atoms with Gasteiger partial charge in [-0.1, -0.05) is 12.1 Å². The van der Waals surface area contributed by atoms with E-state index in [0.29, 0.717) is 26.0 Å². The van der Waals surface area contributed by atoms with E-state index in [0.717, 1.165) is 17.7 Å². The minimum Gasteiger partial charge on any atom is -0.493 e. The molecule has 0 spiro atoms. The van der Waals surface area contributed by atoms with Crippen LogP contribution in [0.15, 0.2) is 36.0 Å². The minimum absolute atomic E-state index is 0.115. The molecule has 1 N–H and O–H groups in total. The van der Waals surface area contributed by atoms with Gasteiger partial charge in [-0.25, -0.2) is 4.79 Å². The Balaban J connectivity index is 2.64. The average molecular weight is 307 g/mol. The fraction of sp³-hybridized carbons (Fsp3) is 0.375. The van der Waals surface area contributed by atoms with Crippen LogP contribution in [0.3, 0.4) is 0 Å². The number of hydrogen-bond donors (Lipinski definition) is 1. The zero-order valence-corrected chi connectivity index (χ0v) is 12.8. The molecule has 0 aromatic heterocycles. The molecule has 0 aliphatic carbocycles. The number of carbonyl (C=O) groups is 2. The molecule has 1 amide bonds. The molecule has 6 heteroatoms. The highest BCUT2D eigenvalue weighted by Gasteiger charge is 2.08. The number of amides is 1. The van der Waals surface area contributed by atoms with E-state index >= 15 is 0 Å². The highest BCUT2D eigenvalue weighted by atomic mass is 16.5. The van der Waals surface area contributed by atoms with E-state index in [1.807, 2.05) is 24.3 Å². The first-order chi connectivity index (χ1) is 10.7. The fourth-order valence-corrected chi connectivity index (χ4v) is 1.75. The topological polar surface area (TPSA) is 73.9 Å². The molecule has 0 aliphatic heterocycles. The Morgan fingerprint density at radius 2 is 2.09 bits per heavy atom. The zero-order chi connectivity index (χ0) is 16.2. The zero-order valence-electron chi connectivity index (χ0n) is 12.8. The fourth-order valence-electron chi connectivity index (χ4n) is 1.75. The smallest absolute Gasteiger partial charge is 0.354 e. The lowest BCUT2D eigenvalue weighted by atomic mass is 10.1. The molecule has 0 unspecified atom stereocenters. The number of ether oxygens (including phenoxy) is 3. The molecular formula is C16H21NO5. The first-order valence-corrected chi connectivity index (χ1v) is 6.90. The molecule has 0 aliphatic rings. The summed E-state index contributed by atoms with van der Waals surface area (Å²) in [6.07, 6.45) is 3.33. The van der Waals surface area contributed by atoms with Crippen molar-refractivity contribution < 1.29 is 23.8 Å². The lowest BCUT2D eigenvalue weighted by Crippen LogP contribution is -2.20. The quantitative estimate of drug-likeness (QED) is 0.306. The van der Waals surface area contributed by atoms with Crippen LogP contribution in [-0.2, 0) is 25.5 Å². The van der Waals surface area contributed by atoms with Crippen LogP contribution in [0.1, 0.15) is 12.0 Å². The Labute approximate surface area is 130 Å². The number of esters is 1. The third-order valence-corrected chi connectivity index (χ3v) is 2.82. The van der Waals surface area contributed by atoms with E-state index in [1.165, 1.54) is 7.11 Å². The maximum Gasteiger partial charge on any atom is 0.354 e. The van der Waals surface area contributed by atoms with Crippen molar-refractivity contribution in [3.8, 4) is 5.75 Å². The lowest BCUT2D eigenvalue weighted by Gasteiger charge is -2.07. The van der Waals surface area contributed by atoms with Crippen LogP contribution < -0.4 is 10.1 Å². The molecule has 1 aromatic carbocycles. The normalized spacial score (nSPS) is 10.9. The molecule has 0 fully saturated rings. The van der Waals surface area contributed by atoms with Crippen LogP contribution in [0.2, 0.25) is 0 Å². The Morgan fingerprint density at radius 3 is 2.77 bits per heavy atom. The summed E-state index contributed by atoms with van der Waals surface area (Å²) in [6, 6.07) is 7.54. The van der Waals surface area contributed by atoms with Gasteiger partial charge < -0.3 is 19.5 Å². The Hall–Kier alpha value is -2.34. The number of benzene rings is 1. The van der Waals surface area contributed by atoms with E-state index in [1.54, 1.807) is 13.2 Å². The Bertz CT molecular complexity index is 513. The van der Waals surface area contributed by atoms with Gasteiger partial charge in [-0.15, -0.1) is 0 Å². The predicted octanol–water partition coefficient (Wildman–Crippen LogP) is 1.45. The number of carbonyl (C=O) groups excluding carboxylic acids is 2. The Kier molecular flexibility index (Phi) is 8.37. The first kappa shape index (κ1) is 17.7. The van der Waals surface area contributed by atoms with Gasteiger partial charge in [0.05, 0.1) is 13.7 Å². The summed E-state index contributed by atoms with van der Waals surface area (Å²) in [5.74, 6) is 0.170.